The number of nitrogens with zero attached hydrogens (tertiary/aromatic N) is 2. The number of piperidine rings is 1. The third kappa shape index (κ3) is 5.23. The predicted molar refractivity (Wildman–Crippen MR) is 93.3 cm³/mol. The van der Waals surface area contributed by atoms with Gasteiger partial charge in [-0.3, -0.25) is 4.79 Å². The van der Waals surface area contributed by atoms with Crippen molar-refractivity contribution < 1.29 is 22.3 Å². The molecule has 1 aliphatic heterocycles. The second-order valence-electron chi connectivity index (χ2n) is 6.11. The Kier molecular flexibility index (Phi) is 7.06. The van der Waals surface area contributed by atoms with Gasteiger partial charge in [0.05, 0.1) is 12.5 Å². The molecule has 26 heavy (non-hydrogen) atoms. The van der Waals surface area contributed by atoms with E-state index in [0.29, 0.717) is 32.3 Å². The van der Waals surface area contributed by atoms with Gasteiger partial charge in [-0.25, -0.2) is 17.8 Å². The fourth-order valence-corrected chi connectivity index (χ4v) is 4.11. The Hall–Kier alpha value is -2.04. The number of hydrogen-bond acceptors (Lipinski definition) is 6. The maximum absolute atomic E-state index is 12.7. The molecule has 10 heteroatoms. The number of ether oxygens (including phenoxy) is 1. The monoisotopic (exact) mass is 386 g/mol. The van der Waals surface area contributed by atoms with E-state index in [1.54, 1.807) is 0 Å². The summed E-state index contributed by atoms with van der Waals surface area (Å²) in [5.41, 5.74) is 10.8. The fourth-order valence-electron chi connectivity index (χ4n) is 2.69. The molecule has 0 unspecified atom stereocenters. The fraction of sp³-hybridized carbons (Fsp3) is 0.500. The number of sulfonamides is 1. The van der Waals surface area contributed by atoms with Crippen LogP contribution in [0.1, 0.15) is 19.3 Å². The lowest BCUT2D eigenvalue weighted by Crippen LogP contribution is -2.39. The largest absolute Gasteiger partial charge is 0.473 e. The number of carbonyl (C=O) groups excluding carboxylic acids is 1. The summed E-state index contributed by atoms with van der Waals surface area (Å²) >= 11 is 0. The van der Waals surface area contributed by atoms with Gasteiger partial charge in [0.2, 0.25) is 21.8 Å². The third-order valence-corrected chi connectivity index (χ3v) is 6.11. The van der Waals surface area contributed by atoms with Crippen molar-refractivity contribution in [1.82, 2.24) is 9.29 Å². The second kappa shape index (κ2) is 9.06. The molecule has 4 N–H and O–H groups in total. The number of hydrogen-bond donors (Lipinski definition) is 2. The number of nitrogens with two attached hydrogens (primary N) is 2. The van der Waals surface area contributed by atoms with Crippen LogP contribution in [0.15, 0.2) is 35.1 Å². The van der Waals surface area contributed by atoms with E-state index in [9.17, 15) is 17.6 Å². The minimum absolute atomic E-state index is 0.0225. The van der Waals surface area contributed by atoms with E-state index in [-0.39, 0.29) is 47.7 Å². The lowest BCUT2D eigenvalue weighted by Gasteiger charge is -2.30. The van der Waals surface area contributed by atoms with E-state index in [1.807, 2.05) is 0 Å². The molecule has 0 aliphatic carbocycles. The van der Waals surface area contributed by atoms with Crippen LogP contribution in [0.5, 0.6) is 5.88 Å². The normalized spacial score (nSPS) is 17.2. The van der Waals surface area contributed by atoms with Crippen molar-refractivity contribution in [2.45, 2.75) is 24.2 Å². The van der Waals surface area contributed by atoms with Crippen LogP contribution in [0.2, 0.25) is 0 Å². The van der Waals surface area contributed by atoms with Crippen molar-refractivity contribution in [2.24, 2.45) is 17.4 Å². The quantitative estimate of drug-likeness (QED) is 0.671. The zero-order chi connectivity index (χ0) is 19.2. The van der Waals surface area contributed by atoms with Gasteiger partial charge in [0.1, 0.15) is 11.5 Å². The van der Waals surface area contributed by atoms with Gasteiger partial charge in [0.25, 0.3) is 0 Å². The maximum atomic E-state index is 12.7. The third-order valence-electron chi connectivity index (χ3n) is 4.23. The molecule has 1 aliphatic rings. The van der Waals surface area contributed by atoms with Gasteiger partial charge in [0.15, 0.2) is 0 Å². The van der Waals surface area contributed by atoms with Crippen LogP contribution in [0.3, 0.4) is 0 Å². The predicted octanol–water partition coefficient (Wildman–Crippen LogP) is 0.549. The summed E-state index contributed by atoms with van der Waals surface area (Å²) in [7, 11) is -3.66. The average molecular weight is 386 g/mol. The number of pyridine rings is 1. The zero-order valence-electron chi connectivity index (χ0n) is 14.3. The second-order valence-corrected chi connectivity index (χ2v) is 8.05. The molecule has 0 bridgehead atoms. The first-order chi connectivity index (χ1) is 12.4. The molecule has 0 radical (unpaired) electrons. The lowest BCUT2D eigenvalue weighted by molar-refractivity contribution is -0.119. The minimum Gasteiger partial charge on any atom is -0.473 e. The SMILES string of the molecule is NC/C(=C\F)COc1ccc(S(=O)(=O)N2CCC(CC(N)=O)CC2)cn1. The molecule has 1 amide bonds. The highest BCUT2D eigenvalue weighted by Gasteiger charge is 2.30. The van der Waals surface area contributed by atoms with Crippen LogP contribution < -0.4 is 16.2 Å². The summed E-state index contributed by atoms with van der Waals surface area (Å²) in [6, 6.07) is 2.81. The topological polar surface area (TPSA) is 129 Å². The molecule has 0 aromatic carbocycles. The molecule has 1 aromatic heterocycles. The van der Waals surface area contributed by atoms with Crippen LogP contribution in [0.25, 0.3) is 0 Å². The Balaban J connectivity index is 1.98. The zero-order valence-corrected chi connectivity index (χ0v) is 15.1. The first-order valence-electron chi connectivity index (χ1n) is 8.22. The van der Waals surface area contributed by atoms with Gasteiger partial charge < -0.3 is 16.2 Å². The number of primary amides is 1. The highest BCUT2D eigenvalue weighted by atomic mass is 32.2. The number of aromatic nitrogens is 1. The minimum atomic E-state index is -3.66. The Morgan fingerprint density at radius 3 is 2.58 bits per heavy atom. The summed E-state index contributed by atoms with van der Waals surface area (Å²) in [5.74, 6) is -0.0726. The van der Waals surface area contributed by atoms with Crippen molar-refractivity contribution in [3.63, 3.8) is 0 Å². The molecule has 0 spiro atoms. The van der Waals surface area contributed by atoms with E-state index in [0.717, 1.165) is 0 Å². The molecule has 2 heterocycles. The Bertz CT molecular complexity index is 744. The Morgan fingerprint density at radius 1 is 1.38 bits per heavy atom. The van der Waals surface area contributed by atoms with E-state index in [2.05, 4.69) is 4.98 Å². The number of rotatable bonds is 8. The summed E-state index contributed by atoms with van der Waals surface area (Å²) in [5, 5.41) is 0. The van der Waals surface area contributed by atoms with Crippen LogP contribution in [-0.4, -0.2) is 49.9 Å². The summed E-state index contributed by atoms with van der Waals surface area (Å²) in [4.78, 5) is 15.0. The highest BCUT2D eigenvalue weighted by Crippen LogP contribution is 2.25. The van der Waals surface area contributed by atoms with E-state index < -0.39 is 10.0 Å². The maximum Gasteiger partial charge on any atom is 0.244 e. The molecule has 2 rings (SSSR count). The standard InChI is InChI=1S/C16H23FN4O4S/c17-8-13(9-18)11-25-16-2-1-14(10-20-16)26(23,24)21-5-3-12(4-6-21)7-15(19)22/h1-2,8,10,12H,3-7,9,11,18H2,(H2,19,22)/b13-8+. The van der Waals surface area contributed by atoms with E-state index >= 15 is 0 Å². The van der Waals surface area contributed by atoms with Crippen LogP contribution in [0, 0.1) is 5.92 Å². The van der Waals surface area contributed by atoms with Gasteiger partial charge in [-0.2, -0.15) is 4.31 Å². The number of amides is 1. The average Bonchev–Trinajstić information content (AvgIpc) is 2.63. The molecule has 1 saturated heterocycles. The van der Waals surface area contributed by atoms with Gasteiger partial charge in [-0.1, -0.05) is 0 Å². The highest BCUT2D eigenvalue weighted by molar-refractivity contribution is 7.89. The van der Waals surface area contributed by atoms with Crippen molar-refractivity contribution in [3.8, 4) is 5.88 Å². The first kappa shape index (κ1) is 20.3. The molecular weight excluding hydrogens is 363 g/mol. The summed E-state index contributed by atoms with van der Waals surface area (Å²) in [6.45, 7) is 0.632. The van der Waals surface area contributed by atoms with E-state index in [1.165, 1.54) is 22.6 Å². The van der Waals surface area contributed by atoms with E-state index in [4.69, 9.17) is 16.2 Å². The molecule has 144 valence electrons. The molecule has 1 fully saturated rings. The molecule has 8 nitrogen and oxygen atoms in total. The summed E-state index contributed by atoms with van der Waals surface area (Å²) < 4.78 is 44.4. The van der Waals surface area contributed by atoms with Crippen molar-refractivity contribution in [3.05, 3.63) is 30.2 Å². The molecule has 0 atom stereocenters. The summed E-state index contributed by atoms with van der Waals surface area (Å²) in [6.07, 6.45) is 3.05. The van der Waals surface area contributed by atoms with Crippen LogP contribution in [-0.2, 0) is 14.8 Å². The van der Waals surface area contributed by atoms with Gasteiger partial charge >= 0.3 is 0 Å². The van der Waals surface area contributed by atoms with Gasteiger partial charge in [-0.15, -0.1) is 0 Å². The smallest absolute Gasteiger partial charge is 0.244 e. The molecular formula is C16H23FN4O4S. The lowest BCUT2D eigenvalue weighted by atomic mass is 9.94. The molecule has 1 aromatic rings. The first-order valence-corrected chi connectivity index (χ1v) is 9.66. The van der Waals surface area contributed by atoms with Crippen LogP contribution in [0.4, 0.5) is 4.39 Å². The van der Waals surface area contributed by atoms with Gasteiger partial charge in [0, 0.05) is 37.7 Å². The van der Waals surface area contributed by atoms with Crippen molar-refractivity contribution in [2.75, 3.05) is 26.2 Å². The Labute approximate surface area is 152 Å². The molecule has 0 saturated carbocycles. The van der Waals surface area contributed by atoms with Crippen molar-refractivity contribution >= 4 is 15.9 Å². The number of carbonyl (C=O) groups is 1. The van der Waals surface area contributed by atoms with Crippen molar-refractivity contribution in [1.29, 1.82) is 0 Å². The number of halogens is 1. The Morgan fingerprint density at radius 2 is 2.08 bits per heavy atom. The van der Waals surface area contributed by atoms with Crippen LogP contribution >= 0.6 is 0 Å². The van der Waals surface area contributed by atoms with Gasteiger partial charge in [-0.05, 0) is 24.8 Å².